The van der Waals surface area contributed by atoms with E-state index in [4.69, 9.17) is 23.2 Å². The summed E-state index contributed by atoms with van der Waals surface area (Å²) in [5, 5.41) is 4.29. The Morgan fingerprint density at radius 3 is 2.88 bits per heavy atom. The molecule has 1 N–H and O–H groups in total. The minimum atomic E-state index is 0.0843. The van der Waals surface area contributed by atoms with Gasteiger partial charge in [-0.05, 0) is 37.6 Å². The maximum absolute atomic E-state index is 12.0. The van der Waals surface area contributed by atoms with E-state index in [0.717, 1.165) is 19.4 Å². The number of Topliss-reactive ketones (excluding diaryl/α,β-unsaturated/α-hetero) is 1. The first-order valence-corrected chi connectivity index (χ1v) is 6.14. The van der Waals surface area contributed by atoms with Gasteiger partial charge in [0.05, 0.1) is 5.02 Å². The van der Waals surface area contributed by atoms with Gasteiger partial charge in [0.25, 0.3) is 0 Å². The van der Waals surface area contributed by atoms with Gasteiger partial charge in [-0.25, -0.2) is 0 Å². The molecule has 0 saturated carbocycles. The van der Waals surface area contributed by atoms with Crippen LogP contribution in [0, 0.1) is 0 Å². The van der Waals surface area contributed by atoms with Crippen LogP contribution in [0.25, 0.3) is 0 Å². The van der Waals surface area contributed by atoms with Crippen LogP contribution in [0.2, 0.25) is 10.0 Å². The summed E-state index contributed by atoms with van der Waals surface area (Å²) in [7, 11) is 0. The lowest BCUT2D eigenvalue weighted by Crippen LogP contribution is -2.24. The Morgan fingerprint density at radius 1 is 1.44 bits per heavy atom. The van der Waals surface area contributed by atoms with E-state index in [9.17, 15) is 4.79 Å². The topological polar surface area (TPSA) is 29.1 Å². The van der Waals surface area contributed by atoms with Gasteiger partial charge in [-0.3, -0.25) is 4.79 Å². The van der Waals surface area contributed by atoms with Crippen molar-refractivity contribution in [2.45, 2.75) is 25.3 Å². The van der Waals surface area contributed by atoms with E-state index >= 15 is 0 Å². The first-order chi connectivity index (χ1) is 7.66. The van der Waals surface area contributed by atoms with E-state index < -0.39 is 0 Å². The lowest BCUT2D eigenvalue weighted by Gasteiger charge is -2.09. The fourth-order valence-electron chi connectivity index (χ4n) is 1.98. The predicted octanol–water partition coefficient (Wildman–Crippen LogP) is 3.32. The second-order valence-electron chi connectivity index (χ2n) is 4.04. The lowest BCUT2D eigenvalue weighted by atomic mass is 10.0. The summed E-state index contributed by atoms with van der Waals surface area (Å²) in [5.41, 5.74) is 0.569. The van der Waals surface area contributed by atoms with Gasteiger partial charge in [-0.15, -0.1) is 0 Å². The smallest absolute Gasteiger partial charge is 0.165 e. The van der Waals surface area contributed by atoms with Gasteiger partial charge >= 0.3 is 0 Å². The zero-order valence-corrected chi connectivity index (χ0v) is 10.3. The molecule has 2 rings (SSSR count). The van der Waals surface area contributed by atoms with E-state index in [1.54, 1.807) is 18.2 Å². The molecule has 2 nitrogen and oxygen atoms in total. The number of hydrogen-bond acceptors (Lipinski definition) is 2. The fourth-order valence-corrected chi connectivity index (χ4v) is 2.49. The number of halogens is 2. The summed E-state index contributed by atoms with van der Waals surface area (Å²) in [4.78, 5) is 12.0. The molecular formula is C12H13Cl2NO. The van der Waals surface area contributed by atoms with E-state index in [2.05, 4.69) is 5.32 Å². The van der Waals surface area contributed by atoms with Crippen molar-refractivity contribution in [1.29, 1.82) is 0 Å². The molecule has 1 unspecified atom stereocenters. The molecule has 0 radical (unpaired) electrons. The molecular weight excluding hydrogens is 245 g/mol. The summed E-state index contributed by atoms with van der Waals surface area (Å²) >= 11 is 11.8. The predicted molar refractivity (Wildman–Crippen MR) is 66.4 cm³/mol. The molecule has 1 aromatic carbocycles. The van der Waals surface area contributed by atoms with Crippen LogP contribution in [-0.4, -0.2) is 18.4 Å². The van der Waals surface area contributed by atoms with E-state index in [1.165, 1.54) is 0 Å². The highest BCUT2D eigenvalue weighted by atomic mass is 35.5. The molecule has 86 valence electrons. The number of hydrogen-bond donors (Lipinski definition) is 1. The number of carbonyl (C=O) groups is 1. The van der Waals surface area contributed by atoms with Crippen molar-refractivity contribution < 1.29 is 4.79 Å². The average molecular weight is 258 g/mol. The van der Waals surface area contributed by atoms with Gasteiger partial charge in [0, 0.05) is 23.0 Å². The first-order valence-electron chi connectivity index (χ1n) is 5.38. The highest BCUT2D eigenvalue weighted by Crippen LogP contribution is 2.23. The molecule has 1 heterocycles. The number of nitrogens with one attached hydrogen (secondary N) is 1. The zero-order valence-electron chi connectivity index (χ0n) is 8.80. The molecule has 1 saturated heterocycles. The summed E-state index contributed by atoms with van der Waals surface area (Å²) in [5.74, 6) is 0.0843. The Morgan fingerprint density at radius 2 is 2.25 bits per heavy atom. The van der Waals surface area contributed by atoms with Crippen LogP contribution < -0.4 is 5.32 Å². The molecule has 0 spiro atoms. The first kappa shape index (κ1) is 11.9. The Kier molecular flexibility index (Phi) is 3.85. The highest BCUT2D eigenvalue weighted by Gasteiger charge is 2.19. The SMILES string of the molecule is O=C(CC1CCCN1)c1ccc(Cl)cc1Cl. The fraction of sp³-hybridized carbons (Fsp3) is 0.417. The molecule has 0 amide bonds. The zero-order chi connectivity index (χ0) is 11.5. The van der Waals surface area contributed by atoms with E-state index in [1.807, 2.05) is 0 Å². The van der Waals surface area contributed by atoms with Crippen LogP contribution in [0.5, 0.6) is 0 Å². The maximum atomic E-state index is 12.0. The molecule has 16 heavy (non-hydrogen) atoms. The van der Waals surface area contributed by atoms with E-state index in [-0.39, 0.29) is 5.78 Å². The Hall–Kier alpha value is -0.570. The minimum Gasteiger partial charge on any atom is -0.314 e. The van der Waals surface area contributed by atoms with Crippen molar-refractivity contribution in [3.05, 3.63) is 33.8 Å². The third-order valence-corrected chi connectivity index (χ3v) is 3.37. The van der Waals surface area contributed by atoms with Crippen LogP contribution in [0.4, 0.5) is 0 Å². The summed E-state index contributed by atoms with van der Waals surface area (Å²) in [6, 6.07) is 5.31. The second kappa shape index (κ2) is 5.17. The molecule has 4 heteroatoms. The molecule has 0 aromatic heterocycles. The van der Waals surface area contributed by atoms with Crippen molar-refractivity contribution >= 4 is 29.0 Å². The van der Waals surface area contributed by atoms with Crippen LogP contribution in [0.15, 0.2) is 18.2 Å². The third kappa shape index (κ3) is 2.76. The second-order valence-corrected chi connectivity index (χ2v) is 4.89. The maximum Gasteiger partial charge on any atom is 0.165 e. The summed E-state index contributed by atoms with van der Waals surface area (Å²) < 4.78 is 0. The summed E-state index contributed by atoms with van der Waals surface area (Å²) in [6.07, 6.45) is 2.73. The van der Waals surface area contributed by atoms with Gasteiger partial charge in [0.1, 0.15) is 0 Å². The van der Waals surface area contributed by atoms with Gasteiger partial charge in [-0.2, -0.15) is 0 Å². The Labute approximate surface area is 105 Å². The highest BCUT2D eigenvalue weighted by molar-refractivity contribution is 6.36. The monoisotopic (exact) mass is 257 g/mol. The van der Waals surface area contributed by atoms with Crippen molar-refractivity contribution in [2.75, 3.05) is 6.54 Å². The molecule has 0 aliphatic carbocycles. The third-order valence-electron chi connectivity index (χ3n) is 2.83. The number of benzene rings is 1. The molecule has 0 bridgehead atoms. The van der Waals surface area contributed by atoms with Crippen LogP contribution in [-0.2, 0) is 0 Å². The Bertz CT molecular complexity index is 400. The van der Waals surface area contributed by atoms with Crippen molar-refractivity contribution in [3.8, 4) is 0 Å². The van der Waals surface area contributed by atoms with Gasteiger partial charge in [-0.1, -0.05) is 23.2 Å². The van der Waals surface area contributed by atoms with Crippen LogP contribution in [0.3, 0.4) is 0 Å². The van der Waals surface area contributed by atoms with Crippen molar-refractivity contribution in [3.63, 3.8) is 0 Å². The minimum absolute atomic E-state index is 0.0843. The van der Waals surface area contributed by atoms with Crippen LogP contribution in [0.1, 0.15) is 29.6 Å². The number of rotatable bonds is 3. The van der Waals surface area contributed by atoms with Gasteiger partial charge < -0.3 is 5.32 Å². The molecule has 1 aliphatic rings. The molecule has 1 fully saturated rings. The van der Waals surface area contributed by atoms with Crippen LogP contribution >= 0.6 is 23.2 Å². The molecule has 1 aliphatic heterocycles. The molecule has 1 atom stereocenters. The summed E-state index contributed by atoms with van der Waals surface area (Å²) in [6.45, 7) is 1.01. The lowest BCUT2D eigenvalue weighted by molar-refractivity contribution is 0.0972. The van der Waals surface area contributed by atoms with E-state index in [0.29, 0.717) is 28.1 Å². The average Bonchev–Trinajstić information content (AvgIpc) is 2.70. The molecule has 1 aromatic rings. The largest absolute Gasteiger partial charge is 0.314 e. The van der Waals surface area contributed by atoms with Gasteiger partial charge in [0.2, 0.25) is 0 Å². The normalized spacial score (nSPS) is 20.0. The standard InChI is InChI=1S/C12H13Cl2NO/c13-8-3-4-10(11(14)6-8)12(16)7-9-2-1-5-15-9/h3-4,6,9,15H,1-2,5,7H2. The Balaban J connectivity index is 2.08. The van der Waals surface area contributed by atoms with Gasteiger partial charge in [0.15, 0.2) is 5.78 Å². The van der Waals surface area contributed by atoms with Crippen molar-refractivity contribution in [1.82, 2.24) is 5.32 Å². The van der Waals surface area contributed by atoms with Crippen molar-refractivity contribution in [2.24, 2.45) is 0 Å². The number of carbonyl (C=O) groups excluding carboxylic acids is 1. The quantitative estimate of drug-likeness (QED) is 0.842. The number of ketones is 1.